The molecule has 1 aliphatic carbocycles. The number of nitrogens with zero attached hydrogens (tertiary/aromatic N) is 1. The molecule has 16 heavy (non-hydrogen) atoms. The topological polar surface area (TPSA) is 58.6 Å². The van der Waals surface area contributed by atoms with Crippen molar-refractivity contribution in [2.45, 2.75) is 31.8 Å². The van der Waals surface area contributed by atoms with E-state index in [1.165, 1.54) is 6.42 Å². The molecule has 0 aromatic heterocycles. The van der Waals surface area contributed by atoms with Gasteiger partial charge in [-0.25, -0.2) is 4.79 Å². The number of likely N-dealkylation sites (N-methyl/N-ethyl adjacent to an activating group) is 1. The molecule has 1 aliphatic heterocycles. The van der Waals surface area contributed by atoms with E-state index < -0.39 is 0 Å². The van der Waals surface area contributed by atoms with Crippen LogP contribution in [0.1, 0.15) is 25.7 Å². The van der Waals surface area contributed by atoms with Crippen molar-refractivity contribution in [1.82, 2.24) is 10.2 Å². The van der Waals surface area contributed by atoms with Gasteiger partial charge in [-0.2, -0.15) is 0 Å². The second-order valence-electron chi connectivity index (χ2n) is 4.59. The number of cyclic esters (lactones) is 1. The zero-order chi connectivity index (χ0) is 11.5. The van der Waals surface area contributed by atoms with Crippen LogP contribution < -0.4 is 5.32 Å². The van der Waals surface area contributed by atoms with E-state index in [4.69, 9.17) is 4.74 Å². The Labute approximate surface area is 95.1 Å². The highest BCUT2D eigenvalue weighted by Gasteiger charge is 2.29. The Morgan fingerprint density at radius 2 is 2.31 bits per heavy atom. The number of nitrogens with one attached hydrogen (secondary N) is 1. The molecule has 5 heteroatoms. The van der Waals surface area contributed by atoms with Crippen LogP contribution in [0.5, 0.6) is 0 Å². The number of ether oxygens (including phenoxy) is 1. The highest BCUT2D eigenvalue weighted by atomic mass is 16.6. The normalized spacial score (nSPS) is 25.2. The monoisotopic (exact) mass is 226 g/mol. The molecule has 1 heterocycles. The van der Waals surface area contributed by atoms with E-state index in [1.807, 2.05) is 0 Å². The van der Waals surface area contributed by atoms with Crippen molar-refractivity contribution in [2.24, 2.45) is 5.92 Å². The molecular formula is C11H18N2O3. The molecule has 0 aromatic carbocycles. The van der Waals surface area contributed by atoms with Gasteiger partial charge in [0.05, 0.1) is 6.54 Å². The van der Waals surface area contributed by atoms with Gasteiger partial charge in [-0.05, 0) is 12.8 Å². The zero-order valence-electron chi connectivity index (χ0n) is 9.57. The van der Waals surface area contributed by atoms with Crippen molar-refractivity contribution in [1.29, 1.82) is 0 Å². The highest BCUT2D eigenvalue weighted by Crippen LogP contribution is 2.26. The minimum Gasteiger partial charge on any atom is -0.444 e. The second-order valence-corrected chi connectivity index (χ2v) is 4.59. The lowest BCUT2D eigenvalue weighted by atomic mass is 9.85. The fraction of sp³-hybridized carbons (Fsp3) is 0.818. The molecule has 1 N–H and O–H groups in total. The fourth-order valence-electron chi connectivity index (χ4n) is 1.97. The lowest BCUT2D eigenvalue weighted by molar-refractivity contribution is -0.127. The summed E-state index contributed by atoms with van der Waals surface area (Å²) in [6.45, 7) is 1.22. The van der Waals surface area contributed by atoms with Crippen LogP contribution in [0, 0.1) is 5.92 Å². The van der Waals surface area contributed by atoms with Crippen molar-refractivity contribution < 1.29 is 14.3 Å². The smallest absolute Gasteiger partial charge is 0.409 e. The van der Waals surface area contributed by atoms with E-state index in [-0.39, 0.29) is 24.0 Å². The van der Waals surface area contributed by atoms with E-state index in [2.05, 4.69) is 5.32 Å². The van der Waals surface area contributed by atoms with Crippen LogP contribution in [0.25, 0.3) is 0 Å². The SMILES string of the molecule is CN1CC(CCNC(=O)C2CCC2)OC1=O. The van der Waals surface area contributed by atoms with Gasteiger partial charge < -0.3 is 15.0 Å². The first kappa shape index (κ1) is 11.2. The van der Waals surface area contributed by atoms with Crippen LogP contribution in [0.2, 0.25) is 0 Å². The average molecular weight is 226 g/mol. The van der Waals surface area contributed by atoms with E-state index in [1.54, 1.807) is 11.9 Å². The summed E-state index contributed by atoms with van der Waals surface area (Å²) in [5.41, 5.74) is 0. The Bertz CT molecular complexity index is 289. The third-order valence-corrected chi connectivity index (χ3v) is 3.30. The fourth-order valence-corrected chi connectivity index (χ4v) is 1.97. The minimum atomic E-state index is -0.268. The van der Waals surface area contributed by atoms with Crippen LogP contribution in [0.4, 0.5) is 4.79 Å². The minimum absolute atomic E-state index is 0.0702. The van der Waals surface area contributed by atoms with E-state index in [0.29, 0.717) is 19.5 Å². The average Bonchev–Trinajstić information content (AvgIpc) is 2.43. The zero-order valence-corrected chi connectivity index (χ0v) is 9.57. The molecule has 1 atom stereocenters. The lowest BCUT2D eigenvalue weighted by Gasteiger charge is -2.24. The van der Waals surface area contributed by atoms with Crippen molar-refractivity contribution in [2.75, 3.05) is 20.1 Å². The number of hydrogen-bond donors (Lipinski definition) is 1. The van der Waals surface area contributed by atoms with Gasteiger partial charge in [0.1, 0.15) is 6.10 Å². The Kier molecular flexibility index (Phi) is 3.31. The Morgan fingerprint density at radius 1 is 1.56 bits per heavy atom. The Balaban J connectivity index is 1.61. The quantitative estimate of drug-likeness (QED) is 0.769. The van der Waals surface area contributed by atoms with Crippen LogP contribution in [-0.4, -0.2) is 43.1 Å². The molecule has 1 saturated carbocycles. The summed E-state index contributed by atoms with van der Waals surface area (Å²) in [5.74, 6) is 0.387. The molecule has 5 nitrogen and oxygen atoms in total. The first-order valence-corrected chi connectivity index (χ1v) is 5.86. The summed E-state index contributed by atoms with van der Waals surface area (Å²) in [4.78, 5) is 24.1. The predicted octanol–water partition coefficient (Wildman–Crippen LogP) is 0.743. The van der Waals surface area contributed by atoms with Crippen molar-refractivity contribution in [3.05, 3.63) is 0 Å². The number of carbonyl (C=O) groups is 2. The molecule has 1 unspecified atom stereocenters. The summed E-state index contributed by atoms with van der Waals surface area (Å²) in [5, 5.41) is 2.89. The van der Waals surface area contributed by atoms with Crippen molar-refractivity contribution >= 4 is 12.0 Å². The molecule has 2 fully saturated rings. The van der Waals surface area contributed by atoms with Crippen LogP contribution >= 0.6 is 0 Å². The standard InChI is InChI=1S/C11H18N2O3/c1-13-7-9(16-11(13)15)5-6-12-10(14)8-3-2-4-8/h8-9H,2-7H2,1H3,(H,12,14). The maximum Gasteiger partial charge on any atom is 0.409 e. The largest absolute Gasteiger partial charge is 0.444 e. The van der Waals surface area contributed by atoms with Gasteiger partial charge >= 0.3 is 6.09 Å². The van der Waals surface area contributed by atoms with Gasteiger partial charge in [-0.1, -0.05) is 6.42 Å². The summed E-state index contributed by atoms with van der Waals surface area (Å²) in [6, 6.07) is 0. The molecule has 0 aromatic rings. The Hall–Kier alpha value is -1.26. The first-order valence-electron chi connectivity index (χ1n) is 5.86. The summed E-state index contributed by atoms with van der Waals surface area (Å²) in [7, 11) is 1.72. The second kappa shape index (κ2) is 4.72. The molecule has 90 valence electrons. The molecule has 0 bridgehead atoms. The highest BCUT2D eigenvalue weighted by molar-refractivity contribution is 5.79. The van der Waals surface area contributed by atoms with Gasteiger partial charge in [0.15, 0.2) is 0 Å². The van der Waals surface area contributed by atoms with E-state index in [0.717, 1.165) is 12.8 Å². The Morgan fingerprint density at radius 3 is 2.81 bits per heavy atom. The first-order chi connectivity index (χ1) is 7.66. The van der Waals surface area contributed by atoms with Gasteiger partial charge in [0.2, 0.25) is 5.91 Å². The molecule has 0 radical (unpaired) electrons. The van der Waals surface area contributed by atoms with Gasteiger partial charge in [-0.15, -0.1) is 0 Å². The van der Waals surface area contributed by atoms with Crippen LogP contribution in [0.15, 0.2) is 0 Å². The number of rotatable bonds is 4. The van der Waals surface area contributed by atoms with Gasteiger partial charge in [-0.3, -0.25) is 4.79 Å². The molecule has 2 aliphatic rings. The maximum absolute atomic E-state index is 11.5. The number of hydrogen-bond acceptors (Lipinski definition) is 3. The van der Waals surface area contributed by atoms with Crippen LogP contribution in [0.3, 0.4) is 0 Å². The van der Waals surface area contributed by atoms with E-state index in [9.17, 15) is 9.59 Å². The van der Waals surface area contributed by atoms with Crippen molar-refractivity contribution in [3.8, 4) is 0 Å². The molecular weight excluding hydrogens is 208 g/mol. The maximum atomic E-state index is 11.5. The van der Waals surface area contributed by atoms with Gasteiger partial charge in [0.25, 0.3) is 0 Å². The summed E-state index contributed by atoms with van der Waals surface area (Å²) < 4.78 is 5.09. The molecule has 2 rings (SSSR count). The van der Waals surface area contributed by atoms with Gasteiger partial charge in [0, 0.05) is 25.9 Å². The number of carbonyl (C=O) groups excluding carboxylic acids is 2. The number of amides is 2. The third kappa shape index (κ3) is 2.46. The molecule has 0 spiro atoms. The summed E-state index contributed by atoms with van der Waals surface area (Å²) in [6.07, 6.45) is 3.58. The molecule has 1 saturated heterocycles. The summed E-state index contributed by atoms with van der Waals surface area (Å²) >= 11 is 0. The lowest BCUT2D eigenvalue weighted by Crippen LogP contribution is -2.36. The van der Waals surface area contributed by atoms with Crippen LogP contribution in [-0.2, 0) is 9.53 Å². The van der Waals surface area contributed by atoms with E-state index >= 15 is 0 Å². The molecule has 2 amide bonds. The van der Waals surface area contributed by atoms with Crippen molar-refractivity contribution in [3.63, 3.8) is 0 Å². The third-order valence-electron chi connectivity index (χ3n) is 3.30. The predicted molar refractivity (Wildman–Crippen MR) is 57.9 cm³/mol.